The van der Waals surface area contributed by atoms with Crippen molar-refractivity contribution in [1.29, 1.82) is 0 Å². The van der Waals surface area contributed by atoms with Crippen molar-refractivity contribution in [3.05, 3.63) is 34.6 Å². The summed E-state index contributed by atoms with van der Waals surface area (Å²) in [4.78, 5) is 26.7. The van der Waals surface area contributed by atoms with Crippen molar-refractivity contribution in [2.45, 2.75) is 23.7 Å². The molecule has 0 saturated heterocycles. The third kappa shape index (κ3) is 3.62. The molecule has 0 amide bonds. The fourth-order valence-electron chi connectivity index (χ4n) is 2.47. The highest BCUT2D eigenvalue weighted by Gasteiger charge is 2.42. The summed E-state index contributed by atoms with van der Waals surface area (Å²) in [6.45, 7) is 0. The lowest BCUT2D eigenvalue weighted by atomic mass is 9.90. The second-order valence-electron chi connectivity index (χ2n) is 6.02. The Morgan fingerprint density at radius 3 is 2.48 bits per heavy atom. The number of aryl methyl sites for hydroxylation is 1. The Kier molecular flexibility index (Phi) is 4.46. The van der Waals surface area contributed by atoms with E-state index in [1.165, 1.54) is 30.0 Å². The van der Waals surface area contributed by atoms with E-state index < -0.39 is 21.5 Å². The van der Waals surface area contributed by atoms with Crippen molar-refractivity contribution in [3.8, 4) is 0 Å². The number of aromatic nitrogens is 4. The molecular formula is C15H15ClN4O4S. The second kappa shape index (κ2) is 6.30. The quantitative estimate of drug-likeness (QED) is 0.545. The maximum atomic E-state index is 12.9. The molecule has 1 aliphatic carbocycles. The van der Waals surface area contributed by atoms with Crippen LogP contribution in [0.2, 0.25) is 5.02 Å². The number of tetrazole rings is 1. The standard InChI is InChI=1S/C15H15ClN4O4S/c1-20-18-15(17-19-20)12(13(21)8-3-4-8)14(22)10-6-5-9(7-11(10)16)25(2,23)24/h5-8,12H,3-4H2,1-2H3. The van der Waals surface area contributed by atoms with Crippen LogP contribution in [0.4, 0.5) is 0 Å². The van der Waals surface area contributed by atoms with Gasteiger partial charge in [0.15, 0.2) is 27.2 Å². The Hall–Kier alpha value is -2.13. The van der Waals surface area contributed by atoms with Crippen LogP contribution in [0.25, 0.3) is 0 Å². The molecule has 0 N–H and O–H groups in total. The number of sulfone groups is 1. The summed E-state index contributed by atoms with van der Waals surface area (Å²) in [6, 6.07) is 3.80. The van der Waals surface area contributed by atoms with Gasteiger partial charge in [-0.2, -0.15) is 4.80 Å². The van der Waals surface area contributed by atoms with E-state index in [2.05, 4.69) is 15.4 Å². The molecule has 1 aromatic heterocycles. The van der Waals surface area contributed by atoms with E-state index in [-0.39, 0.29) is 33.0 Å². The first-order valence-corrected chi connectivity index (χ1v) is 9.77. The lowest BCUT2D eigenvalue weighted by Gasteiger charge is -2.12. The number of nitrogens with zero attached hydrogens (tertiary/aromatic N) is 4. The Morgan fingerprint density at radius 2 is 2.00 bits per heavy atom. The maximum Gasteiger partial charge on any atom is 0.193 e. The third-order valence-corrected chi connectivity index (χ3v) is 5.37. The highest BCUT2D eigenvalue weighted by Crippen LogP contribution is 2.37. The molecule has 1 aliphatic rings. The van der Waals surface area contributed by atoms with Crippen LogP contribution in [0.1, 0.15) is 34.9 Å². The van der Waals surface area contributed by atoms with Crippen LogP contribution in [-0.2, 0) is 21.7 Å². The largest absolute Gasteiger partial charge is 0.298 e. The monoisotopic (exact) mass is 382 g/mol. The molecule has 1 heterocycles. The third-order valence-electron chi connectivity index (χ3n) is 3.94. The number of rotatable bonds is 6. The summed E-state index contributed by atoms with van der Waals surface area (Å²) in [6.07, 6.45) is 2.50. The highest BCUT2D eigenvalue weighted by atomic mass is 35.5. The first-order valence-electron chi connectivity index (χ1n) is 7.50. The average molecular weight is 383 g/mol. The van der Waals surface area contributed by atoms with Crippen molar-refractivity contribution in [1.82, 2.24) is 20.2 Å². The van der Waals surface area contributed by atoms with Crippen LogP contribution in [0.3, 0.4) is 0 Å². The number of hydrogen-bond acceptors (Lipinski definition) is 7. The molecule has 0 bridgehead atoms. The Morgan fingerprint density at radius 1 is 1.32 bits per heavy atom. The van der Waals surface area contributed by atoms with Crippen LogP contribution in [0.15, 0.2) is 23.1 Å². The highest BCUT2D eigenvalue weighted by molar-refractivity contribution is 7.90. The molecule has 1 fully saturated rings. The van der Waals surface area contributed by atoms with E-state index in [0.717, 1.165) is 19.1 Å². The Labute approximate surface area is 149 Å². The molecule has 1 atom stereocenters. The fourth-order valence-corrected chi connectivity index (χ4v) is 3.46. The van der Waals surface area contributed by atoms with Gasteiger partial charge in [-0.05, 0) is 36.3 Å². The first-order chi connectivity index (χ1) is 11.7. The molecule has 1 saturated carbocycles. The van der Waals surface area contributed by atoms with Gasteiger partial charge in [-0.1, -0.05) is 11.6 Å². The van der Waals surface area contributed by atoms with Crippen molar-refractivity contribution in [3.63, 3.8) is 0 Å². The fraction of sp³-hybridized carbons (Fsp3) is 0.400. The molecule has 1 aromatic carbocycles. The number of halogens is 1. The molecule has 10 heteroatoms. The van der Waals surface area contributed by atoms with Crippen LogP contribution >= 0.6 is 11.6 Å². The number of carbonyl (C=O) groups is 2. The van der Waals surface area contributed by atoms with Crippen LogP contribution in [0, 0.1) is 5.92 Å². The maximum absolute atomic E-state index is 12.9. The van der Waals surface area contributed by atoms with Crippen molar-refractivity contribution < 1.29 is 18.0 Å². The summed E-state index contributed by atoms with van der Waals surface area (Å²) in [5.74, 6) is -2.18. The van der Waals surface area contributed by atoms with E-state index in [4.69, 9.17) is 11.6 Å². The van der Waals surface area contributed by atoms with Crippen LogP contribution in [-0.4, -0.2) is 46.4 Å². The average Bonchev–Trinajstić information content (AvgIpc) is 3.29. The van der Waals surface area contributed by atoms with Gasteiger partial charge in [0, 0.05) is 17.7 Å². The van der Waals surface area contributed by atoms with E-state index in [1.54, 1.807) is 0 Å². The van der Waals surface area contributed by atoms with Crippen molar-refractivity contribution in [2.24, 2.45) is 13.0 Å². The number of hydrogen-bond donors (Lipinski definition) is 0. The molecule has 0 radical (unpaired) electrons. The molecule has 132 valence electrons. The van der Waals surface area contributed by atoms with Gasteiger partial charge >= 0.3 is 0 Å². The Balaban J connectivity index is 2.02. The lowest BCUT2D eigenvalue weighted by molar-refractivity contribution is -0.120. The van der Waals surface area contributed by atoms with Crippen molar-refractivity contribution in [2.75, 3.05) is 6.26 Å². The van der Waals surface area contributed by atoms with Gasteiger partial charge in [0.05, 0.1) is 17.0 Å². The molecule has 1 unspecified atom stereocenters. The topological polar surface area (TPSA) is 112 Å². The van der Waals surface area contributed by atoms with Gasteiger partial charge in [0.25, 0.3) is 0 Å². The molecule has 3 rings (SSSR count). The van der Waals surface area contributed by atoms with E-state index in [0.29, 0.717) is 0 Å². The number of carbonyl (C=O) groups excluding carboxylic acids is 2. The zero-order valence-electron chi connectivity index (χ0n) is 13.5. The van der Waals surface area contributed by atoms with Crippen LogP contribution in [0.5, 0.6) is 0 Å². The molecule has 25 heavy (non-hydrogen) atoms. The second-order valence-corrected chi connectivity index (χ2v) is 8.45. The summed E-state index contributed by atoms with van der Waals surface area (Å²) in [5.41, 5.74) is 0.0560. The predicted molar refractivity (Wildman–Crippen MR) is 88.2 cm³/mol. The minimum atomic E-state index is -3.46. The van der Waals surface area contributed by atoms with Gasteiger partial charge in [0.2, 0.25) is 0 Å². The predicted octanol–water partition coefficient (Wildman–Crippen LogP) is 1.21. The normalized spacial score (nSPS) is 15.8. The minimum Gasteiger partial charge on any atom is -0.298 e. The van der Waals surface area contributed by atoms with Gasteiger partial charge in [0.1, 0.15) is 5.92 Å². The summed E-state index contributed by atoms with van der Waals surface area (Å²) in [7, 11) is -1.92. The molecule has 0 aliphatic heterocycles. The number of benzene rings is 1. The summed E-state index contributed by atoms with van der Waals surface area (Å²) >= 11 is 6.11. The SMILES string of the molecule is Cn1nnc(C(C(=O)c2ccc(S(C)(=O)=O)cc2Cl)C(=O)C2CC2)n1. The van der Waals surface area contributed by atoms with Crippen molar-refractivity contribution >= 4 is 33.0 Å². The smallest absolute Gasteiger partial charge is 0.193 e. The molecule has 2 aromatic rings. The number of Topliss-reactive ketones (excluding diaryl/α,β-unsaturated/α-hetero) is 2. The minimum absolute atomic E-state index is 0.00301. The van der Waals surface area contributed by atoms with Gasteiger partial charge in [-0.3, -0.25) is 9.59 Å². The summed E-state index contributed by atoms with van der Waals surface area (Å²) < 4.78 is 23.2. The van der Waals surface area contributed by atoms with Gasteiger partial charge in [-0.15, -0.1) is 10.2 Å². The van der Waals surface area contributed by atoms with Gasteiger partial charge in [-0.25, -0.2) is 8.42 Å². The van der Waals surface area contributed by atoms with E-state index in [9.17, 15) is 18.0 Å². The van der Waals surface area contributed by atoms with E-state index in [1.807, 2.05) is 0 Å². The first kappa shape index (κ1) is 17.7. The zero-order chi connectivity index (χ0) is 18.4. The zero-order valence-corrected chi connectivity index (χ0v) is 15.1. The van der Waals surface area contributed by atoms with E-state index >= 15 is 0 Å². The molecule has 8 nitrogen and oxygen atoms in total. The number of ketones is 2. The molecular weight excluding hydrogens is 368 g/mol. The van der Waals surface area contributed by atoms with Gasteiger partial charge < -0.3 is 0 Å². The van der Waals surface area contributed by atoms with Crippen LogP contribution < -0.4 is 0 Å². The molecule has 0 spiro atoms. The lowest BCUT2D eigenvalue weighted by Crippen LogP contribution is -2.25. The Bertz CT molecular complexity index is 966. The summed E-state index contributed by atoms with van der Waals surface area (Å²) in [5, 5.41) is 11.4.